The first-order valence-corrected chi connectivity index (χ1v) is 7.40. The van der Waals surface area contributed by atoms with Gasteiger partial charge in [0.05, 0.1) is 9.95 Å². The Morgan fingerprint density at radius 2 is 2.00 bits per heavy atom. The molecule has 0 aliphatic carbocycles. The molecule has 0 saturated heterocycles. The molecule has 0 aliphatic heterocycles. The van der Waals surface area contributed by atoms with Gasteiger partial charge in [-0.1, -0.05) is 23.2 Å². The van der Waals surface area contributed by atoms with Crippen molar-refractivity contribution in [2.24, 2.45) is 0 Å². The Hall–Kier alpha value is -2.38. The number of nitrogens with zero attached hydrogens (tertiary/aromatic N) is 1. The average Bonchev–Trinajstić information content (AvgIpc) is 2.51. The molecule has 9 heteroatoms. The van der Waals surface area contributed by atoms with E-state index in [0.29, 0.717) is 5.02 Å². The van der Waals surface area contributed by atoms with E-state index in [1.54, 1.807) is 6.07 Å². The molecule has 2 aromatic rings. The summed E-state index contributed by atoms with van der Waals surface area (Å²) in [5.74, 6) is -1.31. The molecule has 1 unspecified atom stereocenters. The maximum atomic E-state index is 13.3. The van der Waals surface area contributed by atoms with Gasteiger partial charge in [0.15, 0.2) is 6.10 Å². The van der Waals surface area contributed by atoms with Crippen molar-refractivity contribution in [3.05, 3.63) is 62.4 Å². The van der Waals surface area contributed by atoms with Crippen LogP contribution in [0, 0.1) is 15.9 Å². The van der Waals surface area contributed by atoms with E-state index in [1.807, 2.05) is 0 Å². The molecule has 0 radical (unpaired) electrons. The number of rotatable bonds is 5. The number of carbonyl (C=O) groups excluding carboxylic acids is 1. The van der Waals surface area contributed by atoms with Gasteiger partial charge in [-0.3, -0.25) is 14.9 Å². The van der Waals surface area contributed by atoms with Gasteiger partial charge < -0.3 is 10.1 Å². The zero-order valence-electron chi connectivity index (χ0n) is 12.3. The number of hydrogen-bond donors (Lipinski definition) is 1. The van der Waals surface area contributed by atoms with Crippen molar-refractivity contribution < 1.29 is 18.8 Å². The minimum absolute atomic E-state index is 0.0748. The number of benzene rings is 2. The second-order valence-corrected chi connectivity index (χ2v) is 5.59. The summed E-state index contributed by atoms with van der Waals surface area (Å²) in [4.78, 5) is 21.9. The molecule has 0 aromatic heterocycles. The van der Waals surface area contributed by atoms with Gasteiger partial charge in [0.2, 0.25) is 5.82 Å². The third-order valence-corrected chi connectivity index (χ3v) is 3.51. The fourth-order valence-corrected chi connectivity index (χ4v) is 2.24. The topological polar surface area (TPSA) is 81.5 Å². The van der Waals surface area contributed by atoms with E-state index in [4.69, 9.17) is 27.9 Å². The summed E-state index contributed by atoms with van der Waals surface area (Å²) in [6.45, 7) is 1.47. The van der Waals surface area contributed by atoms with Crippen molar-refractivity contribution in [2.45, 2.75) is 13.0 Å². The number of nitro groups is 1. The highest BCUT2D eigenvalue weighted by Gasteiger charge is 2.19. The maximum Gasteiger partial charge on any atom is 0.306 e. The number of carbonyl (C=O) groups is 1. The smallest absolute Gasteiger partial charge is 0.306 e. The van der Waals surface area contributed by atoms with Crippen LogP contribution in [0.3, 0.4) is 0 Å². The van der Waals surface area contributed by atoms with Gasteiger partial charge in [0.25, 0.3) is 5.91 Å². The standard InChI is InChI=1S/C15H11Cl2FN2O4/c1-8(24-14-5-2-9(16)6-11(14)17)15(21)19-10-3-4-12(18)13(7-10)20(22)23/h2-8H,1H3,(H,19,21). The van der Waals surface area contributed by atoms with Crippen molar-refractivity contribution in [3.63, 3.8) is 0 Å². The van der Waals surface area contributed by atoms with Crippen molar-refractivity contribution >= 4 is 40.5 Å². The van der Waals surface area contributed by atoms with Gasteiger partial charge in [-0.2, -0.15) is 4.39 Å². The first-order chi connectivity index (χ1) is 11.3. The highest BCUT2D eigenvalue weighted by Crippen LogP contribution is 2.28. The summed E-state index contributed by atoms with van der Waals surface area (Å²) in [6.07, 6.45) is -0.951. The summed E-state index contributed by atoms with van der Waals surface area (Å²) >= 11 is 11.7. The van der Waals surface area contributed by atoms with Crippen LogP contribution in [0.1, 0.15) is 6.92 Å². The molecule has 24 heavy (non-hydrogen) atoms. The lowest BCUT2D eigenvalue weighted by Crippen LogP contribution is -2.30. The predicted octanol–water partition coefficient (Wildman–Crippen LogP) is 4.45. The quantitative estimate of drug-likeness (QED) is 0.620. The van der Waals surface area contributed by atoms with E-state index in [9.17, 15) is 19.3 Å². The lowest BCUT2D eigenvalue weighted by atomic mass is 10.2. The Morgan fingerprint density at radius 3 is 2.62 bits per heavy atom. The SMILES string of the molecule is CC(Oc1ccc(Cl)cc1Cl)C(=O)Nc1ccc(F)c([N+](=O)[O-])c1. The molecule has 0 fully saturated rings. The van der Waals surface area contributed by atoms with Gasteiger partial charge in [0, 0.05) is 16.8 Å². The van der Waals surface area contributed by atoms with E-state index in [2.05, 4.69) is 5.32 Å². The van der Waals surface area contributed by atoms with E-state index in [1.165, 1.54) is 25.1 Å². The van der Waals surface area contributed by atoms with Crippen LogP contribution >= 0.6 is 23.2 Å². The minimum Gasteiger partial charge on any atom is -0.479 e. The number of nitrogens with one attached hydrogen (secondary N) is 1. The highest BCUT2D eigenvalue weighted by molar-refractivity contribution is 6.35. The number of nitro benzene ring substituents is 1. The molecule has 0 aliphatic rings. The van der Waals surface area contributed by atoms with Gasteiger partial charge >= 0.3 is 5.69 Å². The number of anilines is 1. The Labute approximate surface area is 146 Å². The molecule has 1 amide bonds. The molecular formula is C15H11Cl2FN2O4. The fourth-order valence-electron chi connectivity index (χ4n) is 1.79. The van der Waals surface area contributed by atoms with Crippen LogP contribution in [-0.2, 0) is 4.79 Å². The zero-order chi connectivity index (χ0) is 17.9. The molecule has 0 bridgehead atoms. The van der Waals surface area contributed by atoms with Crippen LogP contribution in [0.25, 0.3) is 0 Å². The number of hydrogen-bond acceptors (Lipinski definition) is 4. The number of amides is 1. The van der Waals surface area contributed by atoms with Crippen molar-refractivity contribution in [3.8, 4) is 5.75 Å². The van der Waals surface area contributed by atoms with E-state index >= 15 is 0 Å². The van der Waals surface area contributed by atoms with Gasteiger partial charge in [0.1, 0.15) is 5.75 Å². The summed E-state index contributed by atoms with van der Waals surface area (Å²) < 4.78 is 18.7. The Morgan fingerprint density at radius 1 is 1.29 bits per heavy atom. The lowest BCUT2D eigenvalue weighted by molar-refractivity contribution is -0.387. The molecule has 2 aromatic carbocycles. The largest absolute Gasteiger partial charge is 0.479 e. The summed E-state index contributed by atoms with van der Waals surface area (Å²) in [6, 6.07) is 7.56. The van der Waals surface area contributed by atoms with E-state index < -0.39 is 28.4 Å². The Bertz CT molecular complexity index is 801. The van der Waals surface area contributed by atoms with Crippen LogP contribution in [0.5, 0.6) is 5.75 Å². The first-order valence-electron chi connectivity index (χ1n) is 6.64. The summed E-state index contributed by atoms with van der Waals surface area (Å²) in [5.41, 5.74) is -0.659. The molecular weight excluding hydrogens is 362 g/mol. The molecule has 1 atom stereocenters. The fraction of sp³-hybridized carbons (Fsp3) is 0.133. The third-order valence-electron chi connectivity index (χ3n) is 2.98. The predicted molar refractivity (Wildman–Crippen MR) is 88.2 cm³/mol. The van der Waals surface area contributed by atoms with Gasteiger partial charge in [-0.15, -0.1) is 0 Å². The van der Waals surface area contributed by atoms with Crippen molar-refractivity contribution in [1.82, 2.24) is 0 Å². The van der Waals surface area contributed by atoms with Crippen LogP contribution in [0.15, 0.2) is 36.4 Å². The highest BCUT2D eigenvalue weighted by atomic mass is 35.5. The summed E-state index contributed by atoms with van der Waals surface area (Å²) in [7, 11) is 0. The molecule has 1 N–H and O–H groups in total. The van der Waals surface area contributed by atoms with Crippen LogP contribution in [0.2, 0.25) is 10.0 Å². The second kappa shape index (κ2) is 7.46. The number of ether oxygens (including phenoxy) is 1. The minimum atomic E-state index is -0.991. The third kappa shape index (κ3) is 4.33. The molecule has 6 nitrogen and oxygen atoms in total. The van der Waals surface area contributed by atoms with Crippen LogP contribution < -0.4 is 10.1 Å². The average molecular weight is 373 g/mol. The zero-order valence-corrected chi connectivity index (χ0v) is 13.8. The number of halogens is 3. The summed E-state index contributed by atoms with van der Waals surface area (Å²) in [5, 5.41) is 13.8. The van der Waals surface area contributed by atoms with Crippen molar-refractivity contribution in [2.75, 3.05) is 5.32 Å². The van der Waals surface area contributed by atoms with Gasteiger partial charge in [-0.25, -0.2) is 0 Å². The molecule has 0 saturated carbocycles. The molecule has 126 valence electrons. The Balaban J connectivity index is 2.09. The van der Waals surface area contributed by atoms with Crippen molar-refractivity contribution in [1.29, 1.82) is 0 Å². The second-order valence-electron chi connectivity index (χ2n) is 4.75. The monoisotopic (exact) mass is 372 g/mol. The lowest BCUT2D eigenvalue weighted by Gasteiger charge is -2.15. The first kappa shape index (κ1) is 18.0. The van der Waals surface area contributed by atoms with E-state index in [0.717, 1.165) is 12.1 Å². The van der Waals surface area contributed by atoms with Crippen LogP contribution in [-0.4, -0.2) is 16.9 Å². The van der Waals surface area contributed by atoms with Crippen LogP contribution in [0.4, 0.5) is 15.8 Å². The molecule has 2 rings (SSSR count). The molecule has 0 spiro atoms. The van der Waals surface area contributed by atoms with E-state index in [-0.39, 0.29) is 16.5 Å². The maximum absolute atomic E-state index is 13.3. The Kier molecular flexibility index (Phi) is 5.58. The molecule has 0 heterocycles. The normalized spacial score (nSPS) is 11.7. The van der Waals surface area contributed by atoms with Gasteiger partial charge in [-0.05, 0) is 37.3 Å².